The van der Waals surface area contributed by atoms with Crippen LogP contribution in [0.5, 0.6) is 5.75 Å². The molecule has 0 unspecified atom stereocenters. The molecule has 1 fully saturated rings. The number of ether oxygens (including phenoxy) is 1. The summed E-state index contributed by atoms with van der Waals surface area (Å²) in [5.41, 5.74) is 4.03. The molecule has 0 aliphatic carbocycles. The minimum Gasteiger partial charge on any atom is -0.497 e. The molecule has 1 N–H and O–H groups in total. The topological polar surface area (TPSA) is 97.7 Å². The van der Waals surface area contributed by atoms with Gasteiger partial charge in [-0.15, -0.1) is 0 Å². The fourth-order valence-electron chi connectivity index (χ4n) is 5.86. The Morgan fingerprint density at radius 2 is 1.66 bits per heavy atom. The fraction of sp³-hybridized carbons (Fsp3) is 0.294. The maximum absolute atomic E-state index is 14.1. The number of amides is 3. The summed E-state index contributed by atoms with van der Waals surface area (Å²) >= 11 is 2.25. The number of anilines is 2. The average Bonchev–Trinajstić information content (AvgIpc) is 3.43. The lowest BCUT2D eigenvalue weighted by molar-refractivity contribution is -0.122. The van der Waals surface area contributed by atoms with Gasteiger partial charge in [-0.2, -0.15) is 0 Å². The van der Waals surface area contributed by atoms with Gasteiger partial charge in [-0.05, 0) is 65.4 Å². The number of imide groups is 1. The van der Waals surface area contributed by atoms with E-state index < -0.39 is 17.1 Å². The first-order valence-electron chi connectivity index (χ1n) is 14.4. The molecule has 44 heavy (non-hydrogen) atoms. The van der Waals surface area contributed by atoms with Crippen molar-refractivity contribution in [3.63, 3.8) is 0 Å². The van der Waals surface area contributed by atoms with Crippen molar-refractivity contribution in [1.29, 1.82) is 0 Å². The van der Waals surface area contributed by atoms with Crippen molar-refractivity contribution in [3.05, 3.63) is 104 Å². The van der Waals surface area contributed by atoms with E-state index >= 15 is 0 Å². The fourth-order valence-corrected chi connectivity index (χ4v) is 8.63. The lowest BCUT2D eigenvalue weighted by atomic mass is 9.81. The molecule has 3 atom stereocenters. The van der Waals surface area contributed by atoms with E-state index in [4.69, 9.17) is 4.74 Å². The van der Waals surface area contributed by atoms with Crippen molar-refractivity contribution in [2.75, 3.05) is 17.3 Å². The monoisotopic (exact) mass is 627 g/mol. The third-order valence-electron chi connectivity index (χ3n) is 8.12. The first-order chi connectivity index (χ1) is 21.0. The Balaban J connectivity index is 1.41. The summed E-state index contributed by atoms with van der Waals surface area (Å²) in [6.45, 7) is 8.13. The van der Waals surface area contributed by atoms with Gasteiger partial charge in [-0.3, -0.25) is 23.7 Å². The molecular weight excluding hydrogens is 595 g/mol. The molecule has 3 amide bonds. The number of carbonyl (C=O) groups excluding carboxylic acids is 3. The van der Waals surface area contributed by atoms with Crippen LogP contribution in [0, 0.1) is 12.8 Å². The Hall–Kier alpha value is -4.15. The van der Waals surface area contributed by atoms with Gasteiger partial charge in [-0.1, -0.05) is 80.3 Å². The molecule has 2 aliphatic rings. The number of methoxy groups -OCH3 is 1. The number of rotatable bonds is 6. The van der Waals surface area contributed by atoms with Crippen LogP contribution in [0.1, 0.15) is 48.3 Å². The second-order valence-electron chi connectivity index (χ2n) is 12.2. The average molecular weight is 628 g/mol. The largest absolute Gasteiger partial charge is 0.497 e. The number of fused-ring (bicyclic) bond motifs is 2. The first-order valence-corrected chi connectivity index (χ1v) is 16.0. The Bertz CT molecular complexity index is 1820. The van der Waals surface area contributed by atoms with Gasteiger partial charge in [0.25, 0.3) is 0 Å². The second-order valence-corrected chi connectivity index (χ2v) is 14.3. The molecule has 0 spiro atoms. The zero-order chi connectivity index (χ0) is 31.3. The molecule has 3 aromatic carbocycles. The van der Waals surface area contributed by atoms with Crippen LogP contribution in [0.4, 0.5) is 11.4 Å². The minimum absolute atomic E-state index is 0.0717. The van der Waals surface area contributed by atoms with Crippen LogP contribution in [0.15, 0.2) is 82.6 Å². The van der Waals surface area contributed by atoms with E-state index in [1.54, 1.807) is 37.4 Å². The molecule has 8 nitrogen and oxygen atoms in total. The molecule has 226 valence electrons. The van der Waals surface area contributed by atoms with Gasteiger partial charge in [0.1, 0.15) is 17.5 Å². The number of thiazole rings is 1. The van der Waals surface area contributed by atoms with Gasteiger partial charge in [-0.25, -0.2) is 4.90 Å². The lowest BCUT2D eigenvalue weighted by Gasteiger charge is -2.31. The Morgan fingerprint density at radius 3 is 2.30 bits per heavy atom. The third kappa shape index (κ3) is 5.37. The van der Waals surface area contributed by atoms with Crippen molar-refractivity contribution >= 4 is 52.2 Å². The maximum Gasteiger partial charge on any atom is 0.308 e. The maximum atomic E-state index is 14.1. The Kier molecular flexibility index (Phi) is 7.75. The van der Waals surface area contributed by atoms with Crippen LogP contribution in [-0.2, 0) is 26.3 Å². The van der Waals surface area contributed by atoms with Gasteiger partial charge < -0.3 is 10.1 Å². The first kappa shape index (κ1) is 29.9. The van der Waals surface area contributed by atoms with Crippen molar-refractivity contribution in [2.24, 2.45) is 5.92 Å². The molecule has 1 aromatic heterocycles. The van der Waals surface area contributed by atoms with Crippen molar-refractivity contribution in [3.8, 4) is 5.75 Å². The van der Waals surface area contributed by atoms with Gasteiger partial charge >= 0.3 is 4.87 Å². The smallest absolute Gasteiger partial charge is 0.308 e. The molecule has 10 heteroatoms. The third-order valence-corrected chi connectivity index (χ3v) is 10.7. The summed E-state index contributed by atoms with van der Waals surface area (Å²) in [6, 6.07) is 22.4. The molecule has 0 saturated carbocycles. The Morgan fingerprint density at radius 1 is 0.955 bits per heavy atom. The number of nitrogens with zero attached hydrogens (tertiary/aromatic N) is 2. The molecule has 0 bridgehead atoms. The molecule has 3 heterocycles. The van der Waals surface area contributed by atoms with Gasteiger partial charge in [0.15, 0.2) is 0 Å². The van der Waals surface area contributed by atoms with E-state index in [0.717, 1.165) is 28.0 Å². The summed E-state index contributed by atoms with van der Waals surface area (Å²) in [5, 5.41) is 2.67. The molecule has 6 rings (SSSR count). The highest BCUT2D eigenvalue weighted by molar-refractivity contribution is 8.00. The molecule has 4 aromatic rings. The minimum atomic E-state index is -0.760. The van der Waals surface area contributed by atoms with Crippen LogP contribution < -0.4 is 19.8 Å². The number of aromatic nitrogens is 1. The highest BCUT2D eigenvalue weighted by atomic mass is 32.2. The second kappa shape index (κ2) is 11.4. The zero-order valence-electron chi connectivity index (χ0n) is 25.1. The van der Waals surface area contributed by atoms with Crippen LogP contribution >= 0.6 is 23.1 Å². The number of nitrogens with one attached hydrogen (secondary N) is 1. The number of hydrogen-bond acceptors (Lipinski definition) is 7. The summed E-state index contributed by atoms with van der Waals surface area (Å²) in [5.74, 6) is -1.62. The lowest BCUT2D eigenvalue weighted by Crippen LogP contribution is -2.33. The number of thioether (sulfide) groups is 1. The Labute approximate surface area is 264 Å². The van der Waals surface area contributed by atoms with Crippen LogP contribution in [0.3, 0.4) is 0 Å². The number of benzene rings is 3. The summed E-state index contributed by atoms with van der Waals surface area (Å²) in [7, 11) is 1.56. The van der Waals surface area contributed by atoms with E-state index in [-0.39, 0.29) is 34.6 Å². The van der Waals surface area contributed by atoms with E-state index in [9.17, 15) is 19.2 Å². The summed E-state index contributed by atoms with van der Waals surface area (Å²) < 4.78 is 6.70. The number of carbonyl (C=O) groups is 3. The van der Waals surface area contributed by atoms with Crippen LogP contribution in [0.2, 0.25) is 0 Å². The van der Waals surface area contributed by atoms with E-state index in [0.29, 0.717) is 27.0 Å². The molecular formula is C34H33N3O5S2. The molecule has 0 radical (unpaired) electrons. The van der Waals surface area contributed by atoms with Crippen molar-refractivity contribution < 1.29 is 19.1 Å². The number of aryl methyl sites for hydroxylation is 1. The molecule has 2 aliphatic heterocycles. The van der Waals surface area contributed by atoms with Gasteiger partial charge in [0, 0.05) is 16.5 Å². The van der Waals surface area contributed by atoms with E-state index in [1.807, 2.05) is 49.4 Å². The highest BCUT2D eigenvalue weighted by Crippen LogP contribution is 2.54. The van der Waals surface area contributed by atoms with Crippen molar-refractivity contribution in [1.82, 2.24) is 4.57 Å². The SMILES string of the molecule is COc1ccc(N2C(=O)[C@H]3[C@H](c4ccc(C(C)(C)C)cc4)c4sc(=O)n(CC(=O)Nc5cccc(C)c5)c4S[C@H]3C2=O)cc1. The van der Waals surface area contributed by atoms with Crippen molar-refractivity contribution in [2.45, 2.75) is 55.8 Å². The van der Waals surface area contributed by atoms with Crippen LogP contribution in [-0.4, -0.2) is 34.6 Å². The predicted molar refractivity (Wildman–Crippen MR) is 174 cm³/mol. The van der Waals surface area contributed by atoms with E-state index in [2.05, 4.69) is 26.1 Å². The quantitative estimate of drug-likeness (QED) is 0.265. The standard InChI is InChI=1S/C34H33N3O5S2/c1-19-7-6-8-22(17-19)35-25(38)18-36-32-29(44-33(36)41)26(20-9-11-21(12-10-20)34(2,3)4)27-28(43-32)31(40)37(30(27)39)23-13-15-24(42-5)16-14-23/h6-17,26-28H,18H2,1-5H3,(H,35,38)/t26-,27-,28+/m0/s1. The normalized spacial score (nSPS) is 19.5. The summed E-state index contributed by atoms with van der Waals surface area (Å²) in [6.07, 6.45) is 0. The van der Waals surface area contributed by atoms with Gasteiger partial charge in [0.05, 0.1) is 23.7 Å². The number of hydrogen-bond donors (Lipinski definition) is 1. The van der Waals surface area contributed by atoms with Gasteiger partial charge in [0.2, 0.25) is 17.7 Å². The zero-order valence-corrected chi connectivity index (χ0v) is 26.8. The van der Waals surface area contributed by atoms with Crippen LogP contribution in [0.25, 0.3) is 0 Å². The van der Waals surface area contributed by atoms with E-state index in [1.165, 1.54) is 21.2 Å². The predicted octanol–water partition coefficient (Wildman–Crippen LogP) is 5.96. The molecule has 1 saturated heterocycles. The highest BCUT2D eigenvalue weighted by Gasteiger charge is 2.56. The summed E-state index contributed by atoms with van der Waals surface area (Å²) in [4.78, 5) is 56.3.